The first kappa shape index (κ1) is 14.0. The summed E-state index contributed by atoms with van der Waals surface area (Å²) in [4.78, 5) is 14.6. The first-order valence-electron chi connectivity index (χ1n) is 8.77. The summed E-state index contributed by atoms with van der Waals surface area (Å²) in [7, 11) is 0. The zero-order chi connectivity index (χ0) is 16.8. The Kier molecular flexibility index (Phi) is 4.24. The molecule has 2 aromatic heterocycles. The van der Waals surface area contributed by atoms with Crippen molar-refractivity contribution in [3.05, 3.63) is 36.3 Å². The minimum atomic E-state index is -2.21. The molecule has 1 N–H and O–H groups in total. The van der Waals surface area contributed by atoms with E-state index in [1.54, 1.807) is 29.6 Å². The molecule has 0 aliphatic carbocycles. The van der Waals surface area contributed by atoms with Crippen LogP contribution in [0.4, 0.5) is 5.82 Å². The predicted molar refractivity (Wildman–Crippen MR) is 96.7 cm³/mol. The Hall–Kier alpha value is -1.43. The van der Waals surface area contributed by atoms with E-state index in [4.69, 9.17) is 4.11 Å². The molecule has 1 unspecified atom stereocenters. The lowest BCUT2D eigenvalue weighted by molar-refractivity contribution is 0.389. The summed E-state index contributed by atoms with van der Waals surface area (Å²) in [5, 5.41) is 3.31. The number of pyridine rings is 1. The fraction of sp³-hybridized carbons (Fsp3) is 0.438. The summed E-state index contributed by atoms with van der Waals surface area (Å²) >= 11 is 0. The molecule has 124 valence electrons. The summed E-state index contributed by atoms with van der Waals surface area (Å²) in [6.07, 6.45) is 7.51. The molecule has 2 aliphatic heterocycles. The van der Waals surface area contributed by atoms with Crippen molar-refractivity contribution in [1.82, 2.24) is 20.3 Å². The van der Waals surface area contributed by atoms with Crippen LogP contribution in [-0.2, 0) is 6.42 Å². The van der Waals surface area contributed by atoms with E-state index in [0.29, 0.717) is 18.2 Å². The number of nitrogens with one attached hydrogen (secondary N) is 1. The molecule has 7 heteroatoms. The van der Waals surface area contributed by atoms with Crippen molar-refractivity contribution < 1.29 is 4.11 Å². The zero-order valence-electron chi connectivity index (χ0n) is 15.5. The standard InChI is InChI=1S/C16H19N5.2ClH/c1-21-15-12(3-4-16(21)5-8-17-11-16)9-13(10-20-15)14-18-6-2-7-19-14;;/h2,6-7,9-10,17H,3-5,8,11H2,1H3;2*1H/i1D3;;. The van der Waals surface area contributed by atoms with Gasteiger partial charge in [-0.05, 0) is 43.5 Å². The van der Waals surface area contributed by atoms with Crippen molar-refractivity contribution in [3.63, 3.8) is 0 Å². The Morgan fingerprint density at radius 3 is 2.74 bits per heavy atom. The highest BCUT2D eigenvalue weighted by atomic mass is 35.5. The maximum atomic E-state index is 8.03. The monoisotopic (exact) mass is 356 g/mol. The second-order valence-corrected chi connectivity index (χ2v) is 5.77. The lowest BCUT2D eigenvalue weighted by Crippen LogP contribution is -2.51. The van der Waals surface area contributed by atoms with Gasteiger partial charge in [-0.1, -0.05) is 0 Å². The molecule has 0 bridgehead atoms. The van der Waals surface area contributed by atoms with E-state index < -0.39 is 6.98 Å². The molecule has 1 saturated heterocycles. The van der Waals surface area contributed by atoms with Crippen LogP contribution in [0.5, 0.6) is 0 Å². The average molecular weight is 357 g/mol. The maximum Gasteiger partial charge on any atom is 0.160 e. The number of rotatable bonds is 1. The average Bonchev–Trinajstić information content (AvgIpc) is 3.02. The van der Waals surface area contributed by atoms with Gasteiger partial charge in [0, 0.05) is 41.8 Å². The third-order valence-electron chi connectivity index (χ3n) is 4.53. The SMILES string of the molecule is Cl.Cl.[2H]C([2H])([2H])N1c2ncc(-c3ncccn3)cc2CCC12CCNC2. The van der Waals surface area contributed by atoms with Crippen molar-refractivity contribution in [2.75, 3.05) is 25.0 Å². The molecule has 0 radical (unpaired) electrons. The van der Waals surface area contributed by atoms with Crippen molar-refractivity contribution in [1.29, 1.82) is 0 Å². The zero-order valence-corrected chi connectivity index (χ0v) is 14.2. The molecule has 1 spiro atoms. The molecule has 0 saturated carbocycles. The van der Waals surface area contributed by atoms with Gasteiger partial charge in [-0.25, -0.2) is 15.0 Å². The van der Waals surface area contributed by atoms with Gasteiger partial charge in [0.15, 0.2) is 5.82 Å². The Morgan fingerprint density at radius 2 is 2.04 bits per heavy atom. The molecule has 23 heavy (non-hydrogen) atoms. The number of aryl methyl sites for hydroxylation is 1. The number of likely N-dealkylation sites (N-methyl/N-ethyl adjacent to an activating group) is 1. The minimum absolute atomic E-state index is 0. The van der Waals surface area contributed by atoms with E-state index in [2.05, 4.69) is 20.3 Å². The first-order valence-corrected chi connectivity index (χ1v) is 7.27. The third kappa shape index (κ3) is 3.01. The van der Waals surface area contributed by atoms with Crippen LogP contribution in [0.2, 0.25) is 0 Å². The molecular formula is C16H21Cl2N5. The van der Waals surface area contributed by atoms with E-state index in [1.165, 1.54) is 0 Å². The normalized spacial score (nSPS) is 24.7. The molecule has 0 amide bonds. The summed E-state index contributed by atoms with van der Waals surface area (Å²) in [6.45, 7) is -0.674. The number of hydrogen-bond donors (Lipinski definition) is 1. The Balaban J connectivity index is 0.00000121. The lowest BCUT2D eigenvalue weighted by Gasteiger charge is -2.43. The van der Waals surface area contributed by atoms with Crippen LogP contribution in [0.1, 0.15) is 22.5 Å². The van der Waals surface area contributed by atoms with Gasteiger partial charge in [-0.2, -0.15) is 0 Å². The van der Waals surface area contributed by atoms with Gasteiger partial charge in [-0.3, -0.25) is 0 Å². The summed E-state index contributed by atoms with van der Waals surface area (Å²) < 4.78 is 24.1. The second-order valence-electron chi connectivity index (χ2n) is 5.77. The van der Waals surface area contributed by atoms with Gasteiger partial charge in [0.2, 0.25) is 0 Å². The quantitative estimate of drug-likeness (QED) is 0.850. The number of halogens is 2. The molecule has 4 heterocycles. The highest BCUT2D eigenvalue weighted by Crippen LogP contribution is 2.38. The highest BCUT2D eigenvalue weighted by Gasteiger charge is 2.41. The van der Waals surface area contributed by atoms with Gasteiger partial charge < -0.3 is 10.2 Å². The third-order valence-corrected chi connectivity index (χ3v) is 4.53. The lowest BCUT2D eigenvalue weighted by atomic mass is 9.84. The summed E-state index contributed by atoms with van der Waals surface area (Å²) in [5.74, 6) is 1.18. The maximum absolute atomic E-state index is 8.03. The van der Waals surface area contributed by atoms with Crippen LogP contribution in [0.25, 0.3) is 11.4 Å². The van der Waals surface area contributed by atoms with Gasteiger partial charge in [0.05, 0.1) is 5.54 Å². The fourth-order valence-electron chi connectivity index (χ4n) is 3.30. The van der Waals surface area contributed by atoms with Crippen LogP contribution in [0, 0.1) is 0 Å². The Labute approximate surface area is 153 Å². The molecule has 1 atom stereocenters. The summed E-state index contributed by atoms with van der Waals surface area (Å²) in [5.41, 5.74) is 1.41. The number of anilines is 1. The minimum Gasteiger partial charge on any atom is -0.352 e. The van der Waals surface area contributed by atoms with Crippen molar-refractivity contribution in [2.24, 2.45) is 0 Å². The smallest absolute Gasteiger partial charge is 0.160 e. The van der Waals surface area contributed by atoms with E-state index in [0.717, 1.165) is 36.9 Å². The van der Waals surface area contributed by atoms with Gasteiger partial charge in [0.25, 0.3) is 0 Å². The number of hydrogen-bond acceptors (Lipinski definition) is 5. The fourth-order valence-corrected chi connectivity index (χ4v) is 3.30. The number of fused-ring (bicyclic) bond motifs is 1. The molecule has 2 aromatic rings. The Morgan fingerprint density at radius 1 is 1.22 bits per heavy atom. The largest absolute Gasteiger partial charge is 0.352 e. The van der Waals surface area contributed by atoms with Gasteiger partial charge in [-0.15, -0.1) is 24.8 Å². The summed E-state index contributed by atoms with van der Waals surface area (Å²) in [6, 6.07) is 3.74. The first-order chi connectivity index (χ1) is 11.5. The predicted octanol–water partition coefficient (Wildman–Crippen LogP) is 2.50. The van der Waals surface area contributed by atoms with Gasteiger partial charge >= 0.3 is 0 Å². The van der Waals surface area contributed by atoms with Crippen molar-refractivity contribution in [2.45, 2.75) is 24.8 Å². The number of aromatic nitrogens is 3. The van der Waals surface area contributed by atoms with Crippen molar-refractivity contribution in [3.8, 4) is 11.4 Å². The molecule has 0 aromatic carbocycles. The van der Waals surface area contributed by atoms with Crippen LogP contribution < -0.4 is 10.2 Å². The van der Waals surface area contributed by atoms with Crippen molar-refractivity contribution >= 4 is 30.6 Å². The Bertz CT molecular complexity index is 751. The van der Waals surface area contributed by atoms with E-state index in [-0.39, 0.29) is 30.4 Å². The van der Waals surface area contributed by atoms with Crippen LogP contribution in [0.3, 0.4) is 0 Å². The molecule has 1 fully saturated rings. The van der Waals surface area contributed by atoms with Crippen LogP contribution in [0.15, 0.2) is 30.7 Å². The van der Waals surface area contributed by atoms with E-state index in [1.807, 2.05) is 6.07 Å². The molecular weight excluding hydrogens is 333 g/mol. The molecule has 2 aliphatic rings. The van der Waals surface area contributed by atoms with E-state index >= 15 is 0 Å². The van der Waals surface area contributed by atoms with E-state index in [9.17, 15) is 0 Å². The molecule has 5 nitrogen and oxygen atoms in total. The second kappa shape index (κ2) is 6.99. The van der Waals surface area contributed by atoms with Gasteiger partial charge in [0.1, 0.15) is 5.82 Å². The molecule has 4 rings (SSSR count). The van der Waals surface area contributed by atoms with Crippen LogP contribution in [-0.4, -0.2) is 40.6 Å². The van der Waals surface area contributed by atoms with Crippen LogP contribution >= 0.6 is 24.8 Å². The number of nitrogens with zero attached hydrogens (tertiary/aromatic N) is 4. The topological polar surface area (TPSA) is 53.9 Å². The highest BCUT2D eigenvalue weighted by molar-refractivity contribution is 5.85.